The van der Waals surface area contributed by atoms with E-state index in [1.165, 1.54) is 16.9 Å². The van der Waals surface area contributed by atoms with E-state index in [1.807, 2.05) is 12.1 Å². The van der Waals surface area contributed by atoms with Gasteiger partial charge >= 0.3 is 0 Å². The number of carbonyl (C=O) groups is 1. The van der Waals surface area contributed by atoms with Gasteiger partial charge in [0.15, 0.2) is 0 Å². The number of rotatable bonds is 4. The first-order valence-electron chi connectivity index (χ1n) is 7.29. The molecule has 0 radical (unpaired) electrons. The summed E-state index contributed by atoms with van der Waals surface area (Å²) < 4.78 is 0. The largest absolute Gasteiger partial charge is 0.298 e. The second-order valence-corrected chi connectivity index (χ2v) is 7.00. The molecule has 1 saturated carbocycles. The van der Waals surface area contributed by atoms with Gasteiger partial charge in [-0.05, 0) is 49.7 Å². The van der Waals surface area contributed by atoms with Crippen molar-refractivity contribution in [2.75, 3.05) is 5.75 Å². The molecule has 0 aromatic heterocycles. The van der Waals surface area contributed by atoms with Crippen LogP contribution in [-0.4, -0.2) is 11.5 Å². The molecule has 0 aliphatic heterocycles. The minimum atomic E-state index is 0.308. The first-order valence-corrected chi connectivity index (χ1v) is 8.27. The maximum Gasteiger partial charge on any atom is 0.146 e. The lowest BCUT2D eigenvalue weighted by Gasteiger charge is -2.31. The summed E-state index contributed by atoms with van der Waals surface area (Å²) in [6, 6.07) is 8.31. The van der Waals surface area contributed by atoms with E-state index in [9.17, 15) is 4.79 Å². The summed E-state index contributed by atoms with van der Waals surface area (Å²) in [7, 11) is 0. The van der Waals surface area contributed by atoms with Gasteiger partial charge in [0, 0.05) is 10.8 Å². The van der Waals surface area contributed by atoms with Crippen LogP contribution in [0.15, 0.2) is 29.2 Å². The second kappa shape index (κ2) is 6.60. The van der Waals surface area contributed by atoms with E-state index in [2.05, 4.69) is 32.9 Å². The zero-order valence-electron chi connectivity index (χ0n) is 12.2. The predicted molar refractivity (Wildman–Crippen MR) is 82.6 cm³/mol. The van der Waals surface area contributed by atoms with Crippen LogP contribution in [0.2, 0.25) is 0 Å². The Labute approximate surface area is 121 Å². The highest BCUT2D eigenvalue weighted by Crippen LogP contribution is 2.34. The Hall–Kier alpha value is -0.760. The predicted octanol–water partition coefficient (Wildman–Crippen LogP) is 4.73. The molecule has 1 aromatic rings. The van der Waals surface area contributed by atoms with Crippen LogP contribution in [0.3, 0.4) is 0 Å². The van der Waals surface area contributed by atoms with Gasteiger partial charge in [-0.2, -0.15) is 0 Å². The van der Waals surface area contributed by atoms with E-state index in [1.54, 1.807) is 11.8 Å². The van der Waals surface area contributed by atoms with E-state index < -0.39 is 0 Å². The fourth-order valence-electron chi connectivity index (χ4n) is 2.83. The van der Waals surface area contributed by atoms with E-state index in [0.717, 1.165) is 18.8 Å². The van der Waals surface area contributed by atoms with Gasteiger partial charge in [-0.1, -0.05) is 32.0 Å². The van der Waals surface area contributed by atoms with E-state index in [4.69, 9.17) is 0 Å². The van der Waals surface area contributed by atoms with E-state index in [-0.39, 0.29) is 0 Å². The third-order valence-electron chi connectivity index (χ3n) is 4.52. The number of benzene rings is 1. The number of aryl methyl sites for hydroxylation is 1. The van der Waals surface area contributed by atoms with Crippen molar-refractivity contribution in [2.24, 2.45) is 17.8 Å². The van der Waals surface area contributed by atoms with Crippen LogP contribution in [0.5, 0.6) is 0 Å². The molecule has 104 valence electrons. The zero-order valence-corrected chi connectivity index (χ0v) is 13.0. The lowest BCUT2D eigenvalue weighted by molar-refractivity contribution is -0.122. The Bertz CT molecular complexity index is 441. The molecule has 0 spiro atoms. The maximum atomic E-state index is 12.3. The van der Waals surface area contributed by atoms with Gasteiger partial charge in [0.1, 0.15) is 5.78 Å². The third kappa shape index (κ3) is 3.85. The molecule has 1 aliphatic carbocycles. The molecule has 0 bridgehead atoms. The molecule has 0 saturated heterocycles. The number of ketones is 1. The number of Topliss-reactive ketones (excluding diaryl/α,β-unsaturated/α-hetero) is 1. The normalized spacial score (nSPS) is 27.2. The fourth-order valence-corrected chi connectivity index (χ4v) is 3.83. The topological polar surface area (TPSA) is 17.1 Å². The Morgan fingerprint density at radius 3 is 2.63 bits per heavy atom. The van der Waals surface area contributed by atoms with Crippen molar-refractivity contribution in [3.8, 4) is 0 Å². The van der Waals surface area contributed by atoms with Gasteiger partial charge < -0.3 is 0 Å². The summed E-state index contributed by atoms with van der Waals surface area (Å²) >= 11 is 1.70. The summed E-state index contributed by atoms with van der Waals surface area (Å²) in [4.78, 5) is 13.6. The van der Waals surface area contributed by atoms with E-state index >= 15 is 0 Å². The molecule has 2 heteroatoms. The second-order valence-electron chi connectivity index (χ2n) is 5.99. The van der Waals surface area contributed by atoms with Gasteiger partial charge in [0.25, 0.3) is 0 Å². The molecule has 1 aliphatic rings. The molecular weight excluding hydrogens is 252 g/mol. The fraction of sp³-hybridized carbons (Fsp3) is 0.588. The summed E-state index contributed by atoms with van der Waals surface area (Å²) in [5.41, 5.74) is 1.27. The van der Waals surface area contributed by atoms with Crippen LogP contribution >= 0.6 is 11.8 Å². The molecule has 2 rings (SSSR count). The molecule has 0 N–H and O–H groups in total. The highest BCUT2D eigenvalue weighted by Gasteiger charge is 2.28. The maximum absolute atomic E-state index is 12.3. The Balaban J connectivity index is 1.87. The number of carbonyl (C=O) groups excluding carboxylic acids is 1. The molecule has 0 heterocycles. The SMILES string of the molecule is Cc1ccccc1SCC(=O)C1CCC(C)C(C)C1. The monoisotopic (exact) mass is 276 g/mol. The minimum Gasteiger partial charge on any atom is -0.298 e. The lowest BCUT2D eigenvalue weighted by atomic mass is 9.74. The first kappa shape index (κ1) is 14.6. The Morgan fingerprint density at radius 1 is 1.21 bits per heavy atom. The quantitative estimate of drug-likeness (QED) is 0.740. The van der Waals surface area contributed by atoms with Gasteiger partial charge in [-0.25, -0.2) is 0 Å². The highest BCUT2D eigenvalue weighted by molar-refractivity contribution is 8.00. The van der Waals surface area contributed by atoms with Crippen LogP contribution in [0.1, 0.15) is 38.7 Å². The molecule has 0 amide bonds. The number of thioether (sulfide) groups is 1. The van der Waals surface area contributed by atoms with Gasteiger partial charge in [-0.3, -0.25) is 4.79 Å². The van der Waals surface area contributed by atoms with Crippen LogP contribution in [0.4, 0.5) is 0 Å². The molecule has 1 fully saturated rings. The van der Waals surface area contributed by atoms with E-state index in [0.29, 0.717) is 23.4 Å². The van der Waals surface area contributed by atoms with Crippen molar-refractivity contribution >= 4 is 17.5 Å². The molecule has 3 atom stereocenters. The molecule has 3 unspecified atom stereocenters. The third-order valence-corrected chi connectivity index (χ3v) is 5.71. The van der Waals surface area contributed by atoms with Crippen molar-refractivity contribution in [1.82, 2.24) is 0 Å². The minimum absolute atomic E-state index is 0.308. The van der Waals surface area contributed by atoms with Crippen LogP contribution < -0.4 is 0 Å². The average Bonchev–Trinajstić information content (AvgIpc) is 2.40. The molecule has 1 aromatic carbocycles. The van der Waals surface area contributed by atoms with Gasteiger partial charge in [-0.15, -0.1) is 11.8 Å². The molecule has 1 nitrogen and oxygen atoms in total. The summed E-state index contributed by atoms with van der Waals surface area (Å²) in [6.07, 6.45) is 3.40. The lowest BCUT2D eigenvalue weighted by Crippen LogP contribution is -2.27. The standard InChI is InChI=1S/C17H24OS/c1-12-8-9-15(10-14(12)3)16(18)11-19-17-7-5-4-6-13(17)2/h4-7,12,14-15H,8-11H2,1-3H3. The average molecular weight is 276 g/mol. The van der Waals surface area contributed by atoms with Crippen LogP contribution in [0.25, 0.3) is 0 Å². The summed E-state index contributed by atoms with van der Waals surface area (Å²) in [5, 5.41) is 0. The first-order chi connectivity index (χ1) is 9.08. The van der Waals surface area contributed by atoms with Gasteiger partial charge in [0.05, 0.1) is 5.75 Å². The van der Waals surface area contributed by atoms with Gasteiger partial charge in [0.2, 0.25) is 0 Å². The highest BCUT2D eigenvalue weighted by atomic mass is 32.2. The smallest absolute Gasteiger partial charge is 0.146 e. The molecule has 19 heavy (non-hydrogen) atoms. The Kier molecular flexibility index (Phi) is 5.09. The van der Waals surface area contributed by atoms with Crippen molar-refractivity contribution in [1.29, 1.82) is 0 Å². The van der Waals surface area contributed by atoms with Crippen molar-refractivity contribution < 1.29 is 4.79 Å². The zero-order chi connectivity index (χ0) is 13.8. The molecular formula is C17H24OS. The summed E-state index contributed by atoms with van der Waals surface area (Å²) in [5.74, 6) is 2.88. The van der Waals surface area contributed by atoms with Crippen molar-refractivity contribution in [3.63, 3.8) is 0 Å². The van der Waals surface area contributed by atoms with Crippen molar-refractivity contribution in [3.05, 3.63) is 29.8 Å². The Morgan fingerprint density at radius 2 is 1.95 bits per heavy atom. The van der Waals surface area contributed by atoms with Crippen LogP contribution in [0, 0.1) is 24.7 Å². The summed E-state index contributed by atoms with van der Waals surface area (Å²) in [6.45, 7) is 6.71. The number of hydrogen-bond acceptors (Lipinski definition) is 2. The van der Waals surface area contributed by atoms with Crippen LogP contribution in [-0.2, 0) is 4.79 Å². The number of hydrogen-bond donors (Lipinski definition) is 0. The van der Waals surface area contributed by atoms with Crippen molar-refractivity contribution in [2.45, 2.75) is 44.9 Å².